The monoisotopic (exact) mass is 283 g/mol. The smallest absolute Gasteiger partial charge is 0.239 e. The maximum atomic E-state index is 12.2. The van der Waals surface area contributed by atoms with Crippen LogP contribution < -0.4 is 10.6 Å². The maximum absolute atomic E-state index is 12.2. The number of nitrogens with zero attached hydrogens (tertiary/aromatic N) is 1. The Bertz CT molecular complexity index is 354. The van der Waals surface area contributed by atoms with Crippen LogP contribution in [0.15, 0.2) is 0 Å². The molecule has 0 radical (unpaired) electrons. The number of aliphatic hydroxyl groups excluding tert-OH is 1. The van der Waals surface area contributed by atoms with E-state index in [1.807, 2.05) is 11.8 Å². The first-order chi connectivity index (χ1) is 9.60. The summed E-state index contributed by atoms with van der Waals surface area (Å²) in [5.74, 6) is 0.192. The van der Waals surface area contributed by atoms with E-state index in [9.17, 15) is 14.7 Å². The second-order valence-corrected chi connectivity index (χ2v) is 5.77. The summed E-state index contributed by atoms with van der Waals surface area (Å²) >= 11 is 0. The van der Waals surface area contributed by atoms with Gasteiger partial charge in [0.2, 0.25) is 11.8 Å². The molecule has 0 bridgehead atoms. The lowest BCUT2D eigenvalue weighted by Crippen LogP contribution is -2.50. The van der Waals surface area contributed by atoms with E-state index in [0.29, 0.717) is 32.5 Å². The Morgan fingerprint density at radius 2 is 2.05 bits per heavy atom. The first-order valence-electron chi connectivity index (χ1n) is 7.59. The molecule has 0 spiro atoms. The highest BCUT2D eigenvalue weighted by Crippen LogP contribution is 2.15. The van der Waals surface area contributed by atoms with E-state index in [2.05, 4.69) is 10.6 Å². The fourth-order valence-corrected chi connectivity index (χ4v) is 2.90. The highest BCUT2D eigenvalue weighted by molar-refractivity contribution is 5.82. The summed E-state index contributed by atoms with van der Waals surface area (Å²) in [4.78, 5) is 25.6. The van der Waals surface area contributed by atoms with Gasteiger partial charge in [-0.2, -0.15) is 0 Å². The minimum atomic E-state index is -0.408. The van der Waals surface area contributed by atoms with Gasteiger partial charge < -0.3 is 20.6 Å². The van der Waals surface area contributed by atoms with Crippen LogP contribution in [0.1, 0.15) is 39.0 Å². The molecule has 114 valence electrons. The molecule has 6 heteroatoms. The maximum Gasteiger partial charge on any atom is 0.239 e. The van der Waals surface area contributed by atoms with Crippen LogP contribution in [0.25, 0.3) is 0 Å². The Morgan fingerprint density at radius 1 is 1.35 bits per heavy atom. The van der Waals surface area contributed by atoms with Gasteiger partial charge in [0.25, 0.3) is 0 Å². The lowest BCUT2D eigenvalue weighted by atomic mass is 10.0. The number of piperidine rings is 1. The number of rotatable bonds is 4. The molecule has 2 aliphatic rings. The summed E-state index contributed by atoms with van der Waals surface area (Å²) in [6.07, 6.45) is 3.16. The SMILES string of the molecule is CCCC(=O)NC1CCN(C(=O)C2CC(O)CN2)CC1. The van der Waals surface area contributed by atoms with E-state index in [1.54, 1.807) is 0 Å². The van der Waals surface area contributed by atoms with Crippen molar-refractivity contribution < 1.29 is 14.7 Å². The normalized spacial score (nSPS) is 27.6. The van der Waals surface area contributed by atoms with Crippen molar-refractivity contribution in [3.8, 4) is 0 Å². The average Bonchev–Trinajstić information content (AvgIpc) is 2.86. The highest BCUT2D eigenvalue weighted by Gasteiger charge is 2.33. The zero-order valence-corrected chi connectivity index (χ0v) is 12.1. The second kappa shape index (κ2) is 7.04. The number of likely N-dealkylation sites (tertiary alicyclic amines) is 1. The Labute approximate surface area is 119 Å². The molecule has 3 N–H and O–H groups in total. The minimum Gasteiger partial charge on any atom is -0.392 e. The summed E-state index contributed by atoms with van der Waals surface area (Å²) in [5.41, 5.74) is 0. The van der Waals surface area contributed by atoms with Crippen molar-refractivity contribution in [2.45, 2.75) is 57.2 Å². The Hall–Kier alpha value is -1.14. The van der Waals surface area contributed by atoms with Gasteiger partial charge in [0.1, 0.15) is 0 Å². The number of carbonyl (C=O) groups is 2. The van der Waals surface area contributed by atoms with Crippen molar-refractivity contribution in [2.24, 2.45) is 0 Å². The lowest BCUT2D eigenvalue weighted by molar-refractivity contribution is -0.134. The number of carbonyl (C=O) groups excluding carboxylic acids is 2. The summed E-state index contributed by atoms with van der Waals surface area (Å²) in [6, 6.07) is -0.0449. The van der Waals surface area contributed by atoms with Crippen LogP contribution in [-0.2, 0) is 9.59 Å². The molecule has 2 rings (SSSR count). The van der Waals surface area contributed by atoms with Gasteiger partial charge in [-0.1, -0.05) is 6.92 Å². The van der Waals surface area contributed by atoms with Crippen LogP contribution >= 0.6 is 0 Å². The number of nitrogens with one attached hydrogen (secondary N) is 2. The molecule has 0 aliphatic carbocycles. The molecule has 2 saturated heterocycles. The Balaban J connectivity index is 1.73. The predicted octanol–water partition coefficient (Wildman–Crippen LogP) is -0.383. The molecule has 2 fully saturated rings. The third-order valence-corrected chi connectivity index (χ3v) is 4.05. The van der Waals surface area contributed by atoms with E-state index >= 15 is 0 Å². The quantitative estimate of drug-likeness (QED) is 0.657. The average molecular weight is 283 g/mol. The third-order valence-electron chi connectivity index (χ3n) is 4.05. The first kappa shape index (κ1) is 15.3. The van der Waals surface area contributed by atoms with Gasteiger partial charge in [-0.25, -0.2) is 0 Å². The van der Waals surface area contributed by atoms with Crippen LogP contribution in [0.2, 0.25) is 0 Å². The summed E-state index contributed by atoms with van der Waals surface area (Å²) < 4.78 is 0. The largest absolute Gasteiger partial charge is 0.392 e. The van der Waals surface area contributed by atoms with Crippen LogP contribution in [0.4, 0.5) is 0 Å². The van der Waals surface area contributed by atoms with Gasteiger partial charge in [0.15, 0.2) is 0 Å². The van der Waals surface area contributed by atoms with Crippen molar-refractivity contribution in [3.63, 3.8) is 0 Å². The van der Waals surface area contributed by atoms with Crippen LogP contribution in [-0.4, -0.2) is 59.6 Å². The minimum absolute atomic E-state index is 0.0832. The number of hydrogen-bond acceptors (Lipinski definition) is 4. The fourth-order valence-electron chi connectivity index (χ4n) is 2.90. The van der Waals surface area contributed by atoms with Crippen LogP contribution in [0.5, 0.6) is 0 Å². The second-order valence-electron chi connectivity index (χ2n) is 5.77. The first-order valence-corrected chi connectivity index (χ1v) is 7.59. The van der Waals surface area contributed by atoms with E-state index in [0.717, 1.165) is 19.3 Å². The standard InChI is InChI=1S/C14H25N3O3/c1-2-3-13(19)16-10-4-6-17(7-5-10)14(20)12-8-11(18)9-15-12/h10-12,15,18H,2-9H2,1H3,(H,16,19). The van der Waals surface area contributed by atoms with Gasteiger partial charge in [0, 0.05) is 32.1 Å². The van der Waals surface area contributed by atoms with Crippen molar-refractivity contribution in [3.05, 3.63) is 0 Å². The van der Waals surface area contributed by atoms with E-state index in [1.165, 1.54) is 0 Å². The van der Waals surface area contributed by atoms with E-state index in [4.69, 9.17) is 0 Å². The Morgan fingerprint density at radius 3 is 2.60 bits per heavy atom. The number of amides is 2. The molecule has 0 saturated carbocycles. The van der Waals surface area contributed by atoms with Gasteiger partial charge in [-0.05, 0) is 25.7 Å². The topological polar surface area (TPSA) is 81.7 Å². The van der Waals surface area contributed by atoms with Crippen molar-refractivity contribution >= 4 is 11.8 Å². The molecule has 20 heavy (non-hydrogen) atoms. The molecule has 2 aliphatic heterocycles. The fraction of sp³-hybridized carbons (Fsp3) is 0.857. The molecular weight excluding hydrogens is 258 g/mol. The molecule has 2 amide bonds. The van der Waals surface area contributed by atoms with Crippen molar-refractivity contribution in [2.75, 3.05) is 19.6 Å². The molecule has 0 aromatic carbocycles. The van der Waals surface area contributed by atoms with Gasteiger partial charge in [-0.15, -0.1) is 0 Å². The summed E-state index contributed by atoms with van der Waals surface area (Å²) in [5, 5.41) is 15.5. The van der Waals surface area contributed by atoms with Gasteiger partial charge in [-0.3, -0.25) is 9.59 Å². The van der Waals surface area contributed by atoms with E-state index in [-0.39, 0.29) is 23.9 Å². The van der Waals surface area contributed by atoms with Gasteiger partial charge >= 0.3 is 0 Å². The highest BCUT2D eigenvalue weighted by atomic mass is 16.3. The molecule has 2 atom stereocenters. The van der Waals surface area contributed by atoms with Crippen molar-refractivity contribution in [1.29, 1.82) is 0 Å². The zero-order chi connectivity index (χ0) is 14.5. The van der Waals surface area contributed by atoms with Crippen LogP contribution in [0, 0.1) is 0 Å². The molecule has 6 nitrogen and oxygen atoms in total. The predicted molar refractivity (Wildman–Crippen MR) is 75.1 cm³/mol. The number of aliphatic hydroxyl groups is 1. The third kappa shape index (κ3) is 3.93. The zero-order valence-electron chi connectivity index (χ0n) is 12.1. The molecular formula is C14H25N3O3. The Kier molecular flexibility index (Phi) is 5.37. The molecule has 2 heterocycles. The van der Waals surface area contributed by atoms with Gasteiger partial charge in [0.05, 0.1) is 12.1 Å². The molecule has 0 aromatic rings. The van der Waals surface area contributed by atoms with Crippen molar-refractivity contribution in [1.82, 2.24) is 15.5 Å². The lowest BCUT2D eigenvalue weighted by Gasteiger charge is -2.33. The number of β-amino-alcohol motifs (C(OH)–C–C–N with tert-alkyl or cyclic N) is 1. The van der Waals surface area contributed by atoms with Crippen LogP contribution in [0.3, 0.4) is 0 Å². The van der Waals surface area contributed by atoms with E-state index < -0.39 is 6.10 Å². The number of hydrogen-bond donors (Lipinski definition) is 3. The molecule has 0 aromatic heterocycles. The summed E-state index contributed by atoms with van der Waals surface area (Å²) in [6.45, 7) is 3.86. The molecule has 2 unspecified atom stereocenters. The summed E-state index contributed by atoms with van der Waals surface area (Å²) in [7, 11) is 0.